The van der Waals surface area contributed by atoms with E-state index in [4.69, 9.17) is 9.57 Å². The number of hydrogen-bond donors (Lipinski definition) is 1. The average Bonchev–Trinajstić information content (AvgIpc) is 2.81. The maximum absolute atomic E-state index is 5.77. The third-order valence-corrected chi connectivity index (χ3v) is 3.95. The Kier molecular flexibility index (Phi) is 3.76. The summed E-state index contributed by atoms with van der Waals surface area (Å²) in [5.74, 6) is 1.64. The molecule has 2 aromatic rings. The molecule has 1 unspecified atom stereocenters. The third-order valence-electron chi connectivity index (χ3n) is 3.17. The van der Waals surface area contributed by atoms with Crippen LogP contribution in [0.25, 0.3) is 0 Å². The molecule has 1 aliphatic heterocycles. The van der Waals surface area contributed by atoms with E-state index in [-0.39, 0.29) is 6.10 Å². The smallest absolute Gasteiger partial charge is 0.134 e. The number of halogens is 1. The topological polar surface area (TPSA) is 30.5 Å². The van der Waals surface area contributed by atoms with E-state index < -0.39 is 0 Å². The van der Waals surface area contributed by atoms with Crippen molar-refractivity contribution in [3.05, 3.63) is 70.3 Å². The van der Waals surface area contributed by atoms with Gasteiger partial charge in [-0.15, -0.1) is 0 Å². The lowest BCUT2D eigenvalue weighted by Gasteiger charge is -2.12. The van der Waals surface area contributed by atoms with Gasteiger partial charge in [-0.1, -0.05) is 30.3 Å². The molecule has 20 heavy (non-hydrogen) atoms. The molecule has 0 fully saturated rings. The minimum Gasteiger partial charge on any atom is -0.457 e. The molecule has 2 aromatic carbocycles. The molecule has 1 N–H and O–H groups in total. The van der Waals surface area contributed by atoms with Crippen molar-refractivity contribution in [3.63, 3.8) is 0 Å². The van der Waals surface area contributed by atoms with Gasteiger partial charge in [0, 0.05) is 0 Å². The van der Waals surface area contributed by atoms with Gasteiger partial charge < -0.3 is 4.74 Å². The van der Waals surface area contributed by atoms with Crippen LogP contribution in [0.15, 0.2) is 64.8 Å². The zero-order valence-electron chi connectivity index (χ0n) is 11.0. The first-order valence-electron chi connectivity index (χ1n) is 6.35. The summed E-state index contributed by atoms with van der Waals surface area (Å²) in [6, 6.07) is 17.7. The monoisotopic (exact) mass is 331 g/mol. The largest absolute Gasteiger partial charge is 0.457 e. The van der Waals surface area contributed by atoms with Gasteiger partial charge in [0.05, 0.1) is 0 Å². The predicted molar refractivity (Wildman–Crippen MR) is 81.5 cm³/mol. The third kappa shape index (κ3) is 2.71. The molecule has 0 radical (unpaired) electrons. The lowest BCUT2D eigenvalue weighted by Crippen LogP contribution is -2.05. The molecule has 0 saturated heterocycles. The molecule has 0 aliphatic carbocycles. The van der Waals surface area contributed by atoms with Crippen molar-refractivity contribution in [1.82, 2.24) is 5.48 Å². The normalized spacial score (nSPS) is 18.0. The van der Waals surface area contributed by atoms with Crippen molar-refractivity contribution >= 4 is 15.9 Å². The Hall–Kier alpha value is -1.78. The van der Waals surface area contributed by atoms with Gasteiger partial charge in [-0.05, 0) is 58.3 Å². The molecule has 1 heterocycles. The van der Waals surface area contributed by atoms with E-state index >= 15 is 0 Å². The van der Waals surface area contributed by atoms with E-state index in [0.29, 0.717) is 0 Å². The van der Waals surface area contributed by atoms with Crippen LogP contribution in [0, 0.1) is 0 Å². The summed E-state index contributed by atoms with van der Waals surface area (Å²) in [6.45, 7) is 2.03. The Morgan fingerprint density at radius 2 is 1.65 bits per heavy atom. The van der Waals surface area contributed by atoms with Crippen LogP contribution in [0.1, 0.15) is 18.6 Å². The second-order valence-corrected chi connectivity index (χ2v) is 5.37. The molecule has 0 saturated carbocycles. The lowest BCUT2D eigenvalue weighted by molar-refractivity contribution is 0.0416. The van der Waals surface area contributed by atoms with Gasteiger partial charge in [0.25, 0.3) is 0 Å². The highest BCUT2D eigenvalue weighted by molar-refractivity contribution is 9.11. The fraction of sp³-hybridized carbons (Fsp3) is 0.125. The van der Waals surface area contributed by atoms with Crippen molar-refractivity contribution in [1.29, 1.82) is 0 Å². The summed E-state index contributed by atoms with van der Waals surface area (Å²) in [6.07, 6.45) is -0.0600. The zero-order valence-corrected chi connectivity index (χ0v) is 12.6. The van der Waals surface area contributed by atoms with E-state index in [1.54, 1.807) is 0 Å². The van der Waals surface area contributed by atoms with Crippen LogP contribution in [0.2, 0.25) is 0 Å². The predicted octanol–water partition coefficient (Wildman–Crippen LogP) is 4.68. The molecular weight excluding hydrogens is 318 g/mol. The summed E-state index contributed by atoms with van der Waals surface area (Å²) in [5.41, 5.74) is 5.05. The number of benzene rings is 2. The number of para-hydroxylation sites is 1. The van der Waals surface area contributed by atoms with Crippen LogP contribution in [0.5, 0.6) is 11.5 Å². The Bertz CT molecular complexity index is 623. The molecule has 102 valence electrons. The van der Waals surface area contributed by atoms with Gasteiger partial charge in [0.1, 0.15) is 22.2 Å². The lowest BCUT2D eigenvalue weighted by atomic mass is 10.0. The minimum atomic E-state index is -0.0600. The van der Waals surface area contributed by atoms with Crippen LogP contribution in [0.3, 0.4) is 0 Å². The average molecular weight is 332 g/mol. The van der Waals surface area contributed by atoms with E-state index in [0.717, 1.165) is 27.2 Å². The summed E-state index contributed by atoms with van der Waals surface area (Å²) in [5, 5.41) is 0. The molecule has 0 bridgehead atoms. The minimum absolute atomic E-state index is 0.0600. The second-order valence-electron chi connectivity index (χ2n) is 4.58. The number of rotatable bonds is 3. The van der Waals surface area contributed by atoms with Crippen LogP contribution in [-0.2, 0) is 4.84 Å². The Morgan fingerprint density at radius 3 is 2.25 bits per heavy atom. The Labute approximate surface area is 126 Å². The van der Waals surface area contributed by atoms with E-state index in [1.807, 2.05) is 61.5 Å². The van der Waals surface area contributed by atoms with Crippen molar-refractivity contribution in [2.45, 2.75) is 13.0 Å². The number of ether oxygens (including phenoxy) is 1. The molecule has 0 amide bonds. The highest BCUT2D eigenvalue weighted by atomic mass is 79.9. The number of nitrogens with one attached hydrogen (secondary N) is 1. The molecule has 0 spiro atoms. The molecule has 3 rings (SSSR count). The molecule has 1 aliphatic rings. The SMILES string of the molecule is CC1=C(Br)NOC1c1ccc(Oc2ccccc2)cc1. The Morgan fingerprint density at radius 1 is 1.00 bits per heavy atom. The van der Waals surface area contributed by atoms with E-state index in [1.165, 1.54) is 0 Å². The zero-order chi connectivity index (χ0) is 13.9. The summed E-state index contributed by atoms with van der Waals surface area (Å²) < 4.78 is 6.66. The maximum atomic E-state index is 5.77. The first-order valence-corrected chi connectivity index (χ1v) is 7.14. The fourth-order valence-corrected chi connectivity index (χ4v) is 2.35. The molecule has 3 nitrogen and oxygen atoms in total. The van der Waals surface area contributed by atoms with Crippen molar-refractivity contribution in [3.8, 4) is 11.5 Å². The second kappa shape index (κ2) is 5.69. The van der Waals surface area contributed by atoms with E-state index in [2.05, 4.69) is 21.4 Å². The van der Waals surface area contributed by atoms with Crippen LogP contribution in [-0.4, -0.2) is 0 Å². The van der Waals surface area contributed by atoms with Gasteiger partial charge in [-0.2, -0.15) is 0 Å². The van der Waals surface area contributed by atoms with Crippen molar-refractivity contribution in [2.24, 2.45) is 0 Å². The maximum Gasteiger partial charge on any atom is 0.134 e. The molecule has 1 atom stereocenters. The van der Waals surface area contributed by atoms with Gasteiger partial charge in [-0.3, -0.25) is 10.3 Å². The highest BCUT2D eigenvalue weighted by Crippen LogP contribution is 2.34. The summed E-state index contributed by atoms with van der Waals surface area (Å²) in [7, 11) is 0. The molecule has 0 aromatic heterocycles. The molecular formula is C16H14BrNO2. The standard InChI is InChI=1S/C16H14BrNO2/c1-11-15(20-18-16(11)17)12-7-9-14(10-8-12)19-13-5-3-2-4-6-13/h2-10,15,18H,1H3. The van der Waals surface area contributed by atoms with Crippen LogP contribution in [0.4, 0.5) is 0 Å². The molecule has 4 heteroatoms. The van der Waals surface area contributed by atoms with Crippen molar-refractivity contribution < 1.29 is 9.57 Å². The Balaban J connectivity index is 1.75. The fourth-order valence-electron chi connectivity index (χ4n) is 2.05. The summed E-state index contributed by atoms with van der Waals surface area (Å²) >= 11 is 3.42. The quantitative estimate of drug-likeness (QED) is 0.828. The van der Waals surface area contributed by atoms with E-state index in [9.17, 15) is 0 Å². The first kappa shape index (κ1) is 13.2. The van der Waals surface area contributed by atoms with Gasteiger partial charge in [0.2, 0.25) is 0 Å². The van der Waals surface area contributed by atoms with Gasteiger partial charge in [0.15, 0.2) is 0 Å². The van der Waals surface area contributed by atoms with Gasteiger partial charge in [-0.25, -0.2) is 0 Å². The number of hydrogen-bond acceptors (Lipinski definition) is 3. The first-order chi connectivity index (χ1) is 9.74. The number of hydroxylamine groups is 1. The van der Waals surface area contributed by atoms with Crippen LogP contribution >= 0.6 is 15.9 Å². The van der Waals surface area contributed by atoms with Gasteiger partial charge >= 0.3 is 0 Å². The van der Waals surface area contributed by atoms with Crippen molar-refractivity contribution in [2.75, 3.05) is 0 Å². The summed E-state index contributed by atoms with van der Waals surface area (Å²) in [4.78, 5) is 5.51. The van der Waals surface area contributed by atoms with Crippen LogP contribution < -0.4 is 10.2 Å². The highest BCUT2D eigenvalue weighted by Gasteiger charge is 2.23.